The standard InChI is InChI=1S/C14H17N3O3/c1-17(10-3-2-4-11(18)8-10)14(19)9-5-6-12-13(7-9)16-20-15-12/h5-7,10-11,18H,2-4,8H2,1H3/t10-,11+/m0/s1. The minimum atomic E-state index is -0.300. The summed E-state index contributed by atoms with van der Waals surface area (Å²) in [4.78, 5) is 14.2. The molecule has 1 heterocycles. The van der Waals surface area contributed by atoms with Crippen LogP contribution in [-0.4, -0.2) is 45.4 Å². The van der Waals surface area contributed by atoms with Crippen LogP contribution in [0.2, 0.25) is 0 Å². The van der Waals surface area contributed by atoms with E-state index in [1.165, 1.54) is 0 Å². The maximum atomic E-state index is 12.5. The summed E-state index contributed by atoms with van der Waals surface area (Å²) in [6.07, 6.45) is 3.07. The Labute approximate surface area is 116 Å². The molecule has 1 aromatic heterocycles. The summed E-state index contributed by atoms with van der Waals surface area (Å²) >= 11 is 0. The molecule has 1 aliphatic rings. The first-order valence-electron chi connectivity index (χ1n) is 6.82. The second kappa shape index (κ2) is 5.20. The van der Waals surface area contributed by atoms with Crippen molar-refractivity contribution in [3.63, 3.8) is 0 Å². The van der Waals surface area contributed by atoms with Gasteiger partial charge in [0, 0.05) is 18.7 Å². The van der Waals surface area contributed by atoms with Crippen molar-refractivity contribution in [2.24, 2.45) is 0 Å². The fraction of sp³-hybridized carbons (Fsp3) is 0.500. The molecule has 0 saturated heterocycles. The molecule has 1 saturated carbocycles. The van der Waals surface area contributed by atoms with Gasteiger partial charge < -0.3 is 10.0 Å². The zero-order valence-electron chi connectivity index (χ0n) is 11.3. The monoisotopic (exact) mass is 275 g/mol. The molecule has 1 fully saturated rings. The third kappa shape index (κ3) is 2.38. The second-order valence-corrected chi connectivity index (χ2v) is 5.36. The molecule has 6 nitrogen and oxygen atoms in total. The van der Waals surface area contributed by atoms with E-state index in [4.69, 9.17) is 0 Å². The Kier molecular flexibility index (Phi) is 3.40. The average molecular weight is 275 g/mol. The molecule has 3 rings (SSSR count). The Hall–Kier alpha value is -1.95. The number of aliphatic hydroxyl groups excluding tert-OH is 1. The van der Waals surface area contributed by atoms with E-state index in [0.717, 1.165) is 19.3 Å². The average Bonchev–Trinajstić information content (AvgIpc) is 2.93. The summed E-state index contributed by atoms with van der Waals surface area (Å²) in [6, 6.07) is 5.23. The van der Waals surface area contributed by atoms with Gasteiger partial charge in [-0.05, 0) is 54.2 Å². The van der Waals surface area contributed by atoms with Crippen molar-refractivity contribution in [1.82, 2.24) is 15.2 Å². The van der Waals surface area contributed by atoms with Crippen molar-refractivity contribution >= 4 is 16.9 Å². The highest BCUT2D eigenvalue weighted by Crippen LogP contribution is 2.24. The van der Waals surface area contributed by atoms with Gasteiger partial charge in [-0.2, -0.15) is 0 Å². The van der Waals surface area contributed by atoms with E-state index in [1.807, 2.05) is 0 Å². The van der Waals surface area contributed by atoms with Crippen molar-refractivity contribution in [1.29, 1.82) is 0 Å². The molecule has 106 valence electrons. The molecule has 1 aromatic carbocycles. The van der Waals surface area contributed by atoms with E-state index in [0.29, 0.717) is 23.0 Å². The van der Waals surface area contributed by atoms with Crippen molar-refractivity contribution in [3.05, 3.63) is 23.8 Å². The van der Waals surface area contributed by atoms with Gasteiger partial charge in [-0.25, -0.2) is 4.63 Å². The normalized spacial score (nSPS) is 22.9. The summed E-state index contributed by atoms with van der Waals surface area (Å²) in [6.45, 7) is 0. The number of fused-ring (bicyclic) bond motifs is 1. The van der Waals surface area contributed by atoms with Crippen LogP contribution in [0.1, 0.15) is 36.0 Å². The minimum absolute atomic E-state index is 0.0611. The maximum absolute atomic E-state index is 12.5. The van der Waals surface area contributed by atoms with Gasteiger partial charge in [-0.1, -0.05) is 0 Å². The number of aliphatic hydroxyl groups is 1. The van der Waals surface area contributed by atoms with Crippen LogP contribution in [0.15, 0.2) is 22.8 Å². The Morgan fingerprint density at radius 3 is 2.95 bits per heavy atom. The Bertz CT molecular complexity index is 625. The lowest BCUT2D eigenvalue weighted by molar-refractivity contribution is 0.0522. The minimum Gasteiger partial charge on any atom is -0.393 e. The molecule has 0 radical (unpaired) electrons. The predicted molar refractivity (Wildman–Crippen MR) is 72.2 cm³/mol. The Balaban J connectivity index is 1.79. The number of amides is 1. The van der Waals surface area contributed by atoms with Crippen LogP contribution in [0.25, 0.3) is 11.0 Å². The van der Waals surface area contributed by atoms with Gasteiger partial charge >= 0.3 is 0 Å². The van der Waals surface area contributed by atoms with Gasteiger partial charge in [0.05, 0.1) is 6.10 Å². The van der Waals surface area contributed by atoms with Crippen molar-refractivity contribution in [2.75, 3.05) is 7.05 Å². The van der Waals surface area contributed by atoms with E-state index >= 15 is 0 Å². The molecule has 20 heavy (non-hydrogen) atoms. The van der Waals surface area contributed by atoms with Gasteiger partial charge in [0.2, 0.25) is 0 Å². The fourth-order valence-electron chi connectivity index (χ4n) is 2.78. The first-order valence-corrected chi connectivity index (χ1v) is 6.82. The van der Waals surface area contributed by atoms with Crippen LogP contribution in [0.5, 0.6) is 0 Å². The number of rotatable bonds is 2. The second-order valence-electron chi connectivity index (χ2n) is 5.36. The molecule has 0 spiro atoms. The Morgan fingerprint density at radius 1 is 1.35 bits per heavy atom. The van der Waals surface area contributed by atoms with E-state index in [2.05, 4.69) is 14.9 Å². The number of hydrogen-bond acceptors (Lipinski definition) is 5. The molecule has 1 aliphatic carbocycles. The number of nitrogens with zero attached hydrogens (tertiary/aromatic N) is 3. The number of carbonyl (C=O) groups excluding carboxylic acids is 1. The first kappa shape index (κ1) is 13.1. The zero-order chi connectivity index (χ0) is 14.1. The lowest BCUT2D eigenvalue weighted by Crippen LogP contribution is -2.41. The number of benzene rings is 1. The van der Waals surface area contributed by atoms with E-state index < -0.39 is 0 Å². The molecular weight excluding hydrogens is 258 g/mol. The largest absolute Gasteiger partial charge is 0.393 e. The summed E-state index contributed by atoms with van der Waals surface area (Å²) in [7, 11) is 1.79. The number of carbonyl (C=O) groups is 1. The van der Waals surface area contributed by atoms with E-state index in [1.54, 1.807) is 30.1 Å². The van der Waals surface area contributed by atoms with Crippen LogP contribution in [0, 0.1) is 0 Å². The van der Waals surface area contributed by atoms with Gasteiger partial charge in [0.15, 0.2) is 0 Å². The van der Waals surface area contributed by atoms with Gasteiger partial charge in [-0.3, -0.25) is 4.79 Å². The molecule has 2 atom stereocenters. The lowest BCUT2D eigenvalue weighted by Gasteiger charge is -2.33. The van der Waals surface area contributed by atoms with Crippen LogP contribution < -0.4 is 0 Å². The molecule has 1 N–H and O–H groups in total. The quantitative estimate of drug-likeness (QED) is 0.900. The smallest absolute Gasteiger partial charge is 0.253 e. The van der Waals surface area contributed by atoms with Crippen LogP contribution >= 0.6 is 0 Å². The molecule has 0 unspecified atom stereocenters. The molecule has 6 heteroatoms. The van der Waals surface area contributed by atoms with E-state index in [-0.39, 0.29) is 18.1 Å². The lowest BCUT2D eigenvalue weighted by atomic mass is 9.92. The van der Waals surface area contributed by atoms with Crippen LogP contribution in [0.4, 0.5) is 0 Å². The zero-order valence-corrected chi connectivity index (χ0v) is 11.3. The number of hydrogen-bond donors (Lipinski definition) is 1. The molecule has 1 amide bonds. The van der Waals surface area contributed by atoms with E-state index in [9.17, 15) is 9.90 Å². The summed E-state index contributed by atoms with van der Waals surface area (Å²) in [5.41, 5.74) is 1.78. The maximum Gasteiger partial charge on any atom is 0.253 e. The van der Waals surface area contributed by atoms with Gasteiger partial charge in [0.1, 0.15) is 11.0 Å². The highest BCUT2D eigenvalue weighted by atomic mass is 16.6. The molecule has 0 bridgehead atoms. The molecular formula is C14H17N3O3. The molecule has 2 aromatic rings. The van der Waals surface area contributed by atoms with Crippen LogP contribution in [0.3, 0.4) is 0 Å². The predicted octanol–water partition coefficient (Wildman–Crippen LogP) is 1.60. The summed E-state index contributed by atoms with van der Waals surface area (Å²) < 4.78 is 4.63. The first-order chi connectivity index (χ1) is 9.65. The summed E-state index contributed by atoms with van der Waals surface area (Å²) in [5.74, 6) is -0.0611. The summed E-state index contributed by atoms with van der Waals surface area (Å²) in [5, 5.41) is 17.2. The molecule has 0 aliphatic heterocycles. The van der Waals surface area contributed by atoms with Gasteiger partial charge in [-0.15, -0.1) is 0 Å². The highest BCUT2D eigenvalue weighted by Gasteiger charge is 2.27. The highest BCUT2D eigenvalue weighted by molar-refractivity contribution is 5.97. The SMILES string of the molecule is CN(C(=O)c1ccc2nonc2c1)[C@H]1CCC[C@@H](O)C1. The third-order valence-corrected chi connectivity index (χ3v) is 3.99. The van der Waals surface area contributed by atoms with Crippen LogP contribution in [-0.2, 0) is 0 Å². The van der Waals surface area contributed by atoms with Gasteiger partial charge in [0.25, 0.3) is 5.91 Å². The van der Waals surface area contributed by atoms with Crippen molar-refractivity contribution in [2.45, 2.75) is 37.8 Å². The van der Waals surface area contributed by atoms with Crippen molar-refractivity contribution in [3.8, 4) is 0 Å². The van der Waals surface area contributed by atoms with Crippen molar-refractivity contribution < 1.29 is 14.5 Å². The number of aromatic nitrogens is 2. The topological polar surface area (TPSA) is 79.5 Å². The third-order valence-electron chi connectivity index (χ3n) is 3.99. The Morgan fingerprint density at radius 2 is 2.15 bits per heavy atom. The fourth-order valence-corrected chi connectivity index (χ4v) is 2.78.